The molecule has 2 N–H and O–H groups in total. The number of rotatable bonds is 4. The minimum Gasteiger partial charge on any atom is -0.508 e. The summed E-state index contributed by atoms with van der Waals surface area (Å²) < 4.78 is 0. The normalized spacial score (nSPS) is 14.2. The highest BCUT2D eigenvalue weighted by molar-refractivity contribution is 7.12. The third kappa shape index (κ3) is 3.22. The summed E-state index contributed by atoms with van der Waals surface area (Å²) in [7, 11) is 0. The lowest BCUT2D eigenvalue weighted by Crippen LogP contribution is -2.22. The maximum Gasteiger partial charge on any atom is 0.120 e. The van der Waals surface area contributed by atoms with E-state index in [9.17, 15) is 5.11 Å². The topological polar surface area (TPSA) is 32.3 Å². The molecule has 20 heavy (non-hydrogen) atoms. The maximum absolute atomic E-state index is 10.1. The highest BCUT2D eigenvalue weighted by Crippen LogP contribution is 2.30. The predicted molar refractivity (Wildman–Crippen MR) is 86.6 cm³/mol. The number of hydrogen-bond donors (Lipinski definition) is 2. The van der Waals surface area contributed by atoms with E-state index in [1.807, 2.05) is 36.5 Å². The van der Waals surface area contributed by atoms with Gasteiger partial charge in [-0.1, -0.05) is 12.1 Å². The van der Waals surface area contributed by atoms with Gasteiger partial charge < -0.3 is 10.4 Å². The zero-order chi connectivity index (χ0) is 14.9. The number of phenols is 1. The molecule has 1 aromatic heterocycles. The van der Waals surface area contributed by atoms with Crippen molar-refractivity contribution in [3.8, 4) is 5.75 Å². The second-order valence-corrected chi connectivity index (χ2v) is 7.00. The lowest BCUT2D eigenvalue weighted by atomic mass is 10.0. The molecule has 2 unspecified atom stereocenters. The van der Waals surface area contributed by atoms with E-state index in [0.29, 0.717) is 5.75 Å². The Bertz CT molecular complexity index is 603. The van der Waals surface area contributed by atoms with Crippen LogP contribution in [0, 0.1) is 20.8 Å². The van der Waals surface area contributed by atoms with E-state index in [2.05, 4.69) is 39.1 Å². The number of aryl methyl sites for hydroxylation is 3. The molecule has 2 rings (SSSR count). The molecule has 2 atom stereocenters. The molecule has 0 spiro atoms. The Morgan fingerprint density at radius 3 is 2.20 bits per heavy atom. The molecule has 0 fully saturated rings. The largest absolute Gasteiger partial charge is 0.508 e. The summed E-state index contributed by atoms with van der Waals surface area (Å²) >= 11 is 1.84. The molecular weight excluding hydrogens is 266 g/mol. The van der Waals surface area contributed by atoms with Gasteiger partial charge in [-0.15, -0.1) is 11.3 Å². The lowest BCUT2D eigenvalue weighted by Gasteiger charge is -2.21. The smallest absolute Gasteiger partial charge is 0.120 e. The number of benzene rings is 1. The Balaban J connectivity index is 2.14. The van der Waals surface area contributed by atoms with E-state index >= 15 is 0 Å². The highest BCUT2D eigenvalue weighted by atomic mass is 32.1. The number of hydrogen-bond acceptors (Lipinski definition) is 3. The molecule has 1 heterocycles. The van der Waals surface area contributed by atoms with Gasteiger partial charge >= 0.3 is 0 Å². The van der Waals surface area contributed by atoms with E-state index < -0.39 is 0 Å². The van der Waals surface area contributed by atoms with E-state index in [1.54, 1.807) is 0 Å². The highest BCUT2D eigenvalue weighted by Gasteiger charge is 2.16. The number of phenolic OH excluding ortho intramolecular Hbond substituents is 1. The summed E-state index contributed by atoms with van der Waals surface area (Å²) in [5, 5.41) is 13.6. The van der Waals surface area contributed by atoms with Gasteiger partial charge in [-0.25, -0.2) is 0 Å². The van der Waals surface area contributed by atoms with Crippen LogP contribution in [0.3, 0.4) is 0 Å². The molecule has 3 heteroatoms. The SMILES string of the molecule is Cc1ccc(C(C)NC(C)c2cc(C)sc2C)c(O)c1. The second kappa shape index (κ2) is 5.98. The van der Waals surface area contributed by atoms with Gasteiger partial charge in [0, 0.05) is 27.4 Å². The van der Waals surface area contributed by atoms with Gasteiger partial charge in [-0.2, -0.15) is 0 Å². The van der Waals surface area contributed by atoms with Crippen molar-refractivity contribution in [1.82, 2.24) is 5.32 Å². The van der Waals surface area contributed by atoms with Gasteiger partial charge in [-0.3, -0.25) is 0 Å². The first kappa shape index (κ1) is 15.1. The Morgan fingerprint density at radius 1 is 1.00 bits per heavy atom. The third-order valence-electron chi connectivity index (χ3n) is 3.70. The van der Waals surface area contributed by atoms with E-state index in [0.717, 1.165) is 11.1 Å². The Morgan fingerprint density at radius 2 is 1.65 bits per heavy atom. The molecule has 2 aromatic rings. The summed E-state index contributed by atoms with van der Waals surface area (Å²) in [4.78, 5) is 2.71. The number of nitrogens with one attached hydrogen (secondary N) is 1. The average molecular weight is 289 g/mol. The molecule has 0 bridgehead atoms. The van der Waals surface area contributed by atoms with Crippen molar-refractivity contribution in [2.24, 2.45) is 0 Å². The van der Waals surface area contributed by atoms with Crippen LogP contribution >= 0.6 is 11.3 Å². The summed E-state index contributed by atoms with van der Waals surface area (Å²) in [6.45, 7) is 10.6. The molecule has 0 aliphatic rings. The molecular formula is C17H23NOS. The van der Waals surface area contributed by atoms with Crippen molar-refractivity contribution in [3.05, 3.63) is 50.7 Å². The molecule has 0 saturated carbocycles. The fourth-order valence-corrected chi connectivity index (χ4v) is 3.68. The molecule has 0 saturated heterocycles. The van der Waals surface area contributed by atoms with Gasteiger partial charge in [0.05, 0.1) is 0 Å². The Hall–Kier alpha value is -1.32. The van der Waals surface area contributed by atoms with Crippen LogP contribution < -0.4 is 5.32 Å². The van der Waals surface area contributed by atoms with Crippen LogP contribution in [0.5, 0.6) is 5.75 Å². The van der Waals surface area contributed by atoms with Crippen molar-refractivity contribution in [3.63, 3.8) is 0 Å². The van der Waals surface area contributed by atoms with Gasteiger partial charge in [0.15, 0.2) is 0 Å². The van der Waals surface area contributed by atoms with Crippen molar-refractivity contribution in [2.45, 2.75) is 46.7 Å². The Kier molecular flexibility index (Phi) is 4.51. The fraction of sp³-hybridized carbons (Fsp3) is 0.412. The van der Waals surface area contributed by atoms with Crippen molar-refractivity contribution in [2.75, 3.05) is 0 Å². The van der Waals surface area contributed by atoms with E-state index in [-0.39, 0.29) is 12.1 Å². The van der Waals surface area contributed by atoms with Crippen LogP contribution in [0.15, 0.2) is 24.3 Å². The monoisotopic (exact) mass is 289 g/mol. The molecule has 1 aromatic carbocycles. The maximum atomic E-state index is 10.1. The van der Waals surface area contributed by atoms with Crippen molar-refractivity contribution < 1.29 is 5.11 Å². The van der Waals surface area contributed by atoms with Crippen LogP contribution in [0.4, 0.5) is 0 Å². The molecule has 0 amide bonds. The minimum absolute atomic E-state index is 0.116. The van der Waals surface area contributed by atoms with Crippen LogP contribution in [0.2, 0.25) is 0 Å². The third-order valence-corrected chi connectivity index (χ3v) is 4.68. The first-order chi connectivity index (χ1) is 9.38. The van der Waals surface area contributed by atoms with Crippen LogP contribution in [-0.2, 0) is 0 Å². The Labute approximate surface area is 125 Å². The van der Waals surface area contributed by atoms with E-state index in [4.69, 9.17) is 0 Å². The van der Waals surface area contributed by atoms with Crippen LogP contribution in [-0.4, -0.2) is 5.11 Å². The standard InChI is InChI=1S/C17H23NOS/c1-10-6-7-15(17(19)8-10)12(3)18-13(4)16-9-11(2)20-14(16)5/h6-9,12-13,18-19H,1-5H3. The van der Waals surface area contributed by atoms with Gasteiger partial charge in [0.1, 0.15) is 5.75 Å². The second-order valence-electron chi connectivity index (χ2n) is 5.54. The minimum atomic E-state index is 0.116. The number of aromatic hydroxyl groups is 1. The van der Waals surface area contributed by atoms with Crippen LogP contribution in [0.25, 0.3) is 0 Å². The number of thiophene rings is 1. The molecule has 0 radical (unpaired) electrons. The summed E-state index contributed by atoms with van der Waals surface area (Å²) in [5.74, 6) is 0.371. The lowest BCUT2D eigenvalue weighted by molar-refractivity contribution is 0.438. The molecule has 2 nitrogen and oxygen atoms in total. The van der Waals surface area contributed by atoms with Crippen molar-refractivity contribution in [1.29, 1.82) is 0 Å². The predicted octanol–water partition coefficient (Wildman–Crippen LogP) is 4.79. The summed E-state index contributed by atoms with van der Waals surface area (Å²) in [6.07, 6.45) is 0. The molecule has 0 aliphatic heterocycles. The van der Waals surface area contributed by atoms with Gasteiger partial charge in [0.25, 0.3) is 0 Å². The summed E-state index contributed by atoms with van der Waals surface area (Å²) in [5.41, 5.74) is 3.38. The van der Waals surface area contributed by atoms with E-state index in [1.165, 1.54) is 15.3 Å². The quantitative estimate of drug-likeness (QED) is 0.848. The van der Waals surface area contributed by atoms with Gasteiger partial charge in [-0.05, 0) is 57.9 Å². The summed E-state index contributed by atoms with van der Waals surface area (Å²) in [6, 6.07) is 8.50. The fourth-order valence-electron chi connectivity index (χ4n) is 2.65. The van der Waals surface area contributed by atoms with Crippen LogP contribution in [0.1, 0.15) is 52.4 Å². The first-order valence-electron chi connectivity index (χ1n) is 7.01. The van der Waals surface area contributed by atoms with Gasteiger partial charge in [0.2, 0.25) is 0 Å². The average Bonchev–Trinajstić information content (AvgIpc) is 2.68. The zero-order valence-corrected chi connectivity index (χ0v) is 13.6. The van der Waals surface area contributed by atoms with Crippen molar-refractivity contribution >= 4 is 11.3 Å². The zero-order valence-electron chi connectivity index (χ0n) is 12.8. The molecule has 0 aliphatic carbocycles. The first-order valence-corrected chi connectivity index (χ1v) is 7.82. The molecule has 108 valence electrons.